The lowest BCUT2D eigenvalue weighted by Gasteiger charge is -2.05. The largest absolute Gasteiger partial charge is 0.309 e. The zero-order chi connectivity index (χ0) is 15.0. The van der Waals surface area contributed by atoms with Crippen LogP contribution in [0, 0.1) is 5.82 Å². The minimum Gasteiger partial charge on any atom is -0.309 e. The van der Waals surface area contributed by atoms with Gasteiger partial charge in [-0.15, -0.1) is 22.9 Å². The summed E-state index contributed by atoms with van der Waals surface area (Å²) in [6.07, 6.45) is 1.80. The van der Waals surface area contributed by atoms with Crippen LogP contribution in [-0.2, 0) is 0 Å². The van der Waals surface area contributed by atoms with E-state index in [1.54, 1.807) is 11.4 Å². The van der Waals surface area contributed by atoms with E-state index in [9.17, 15) is 9.18 Å². The van der Waals surface area contributed by atoms with Crippen molar-refractivity contribution in [2.75, 3.05) is 0 Å². The average molecular weight is 324 g/mol. The molecule has 4 nitrogen and oxygen atoms in total. The highest BCUT2D eigenvalue weighted by Gasteiger charge is 2.16. The molecule has 1 N–H and O–H groups in total. The number of pyridine rings is 1. The number of halogens is 2. The number of nitrogens with one attached hydrogen (secondary N) is 1. The molecular weight excluding hydrogens is 313 g/mol. The second-order valence-corrected chi connectivity index (χ2v) is 5.90. The molecule has 0 aliphatic heterocycles. The molecule has 0 aromatic carbocycles. The zero-order valence-corrected chi connectivity index (χ0v) is 12.6. The van der Waals surface area contributed by atoms with Crippen LogP contribution in [0.3, 0.4) is 0 Å². The van der Waals surface area contributed by atoms with Gasteiger partial charge in [0, 0.05) is 10.9 Å². The molecule has 3 aromatic rings. The van der Waals surface area contributed by atoms with Crippen LogP contribution in [0.2, 0.25) is 0 Å². The van der Waals surface area contributed by atoms with Crippen LogP contribution in [0.1, 0.15) is 24.5 Å². The summed E-state index contributed by atoms with van der Waals surface area (Å²) >= 11 is 7.47. The van der Waals surface area contributed by atoms with Crippen molar-refractivity contribution in [3.8, 4) is 11.3 Å². The molecule has 7 heteroatoms. The predicted octanol–water partition coefficient (Wildman–Crippen LogP) is 3.88. The fraction of sp³-hybridized carbons (Fsp3) is 0.214. The topological polar surface area (TPSA) is 58.6 Å². The van der Waals surface area contributed by atoms with Gasteiger partial charge in [0.25, 0.3) is 5.56 Å². The van der Waals surface area contributed by atoms with E-state index in [4.69, 9.17) is 11.6 Å². The normalized spacial score (nSPS) is 12.7. The first-order valence-electron chi connectivity index (χ1n) is 6.37. The Bertz CT molecular complexity index is 844. The van der Waals surface area contributed by atoms with Gasteiger partial charge < -0.3 is 4.98 Å². The SMILES string of the molecule is CCC(Cl)c1nc2scc(-c3ccc(F)cn3)c2c(=O)[nH]1. The van der Waals surface area contributed by atoms with Crippen molar-refractivity contribution in [3.63, 3.8) is 0 Å². The summed E-state index contributed by atoms with van der Waals surface area (Å²) in [5, 5.41) is 1.94. The van der Waals surface area contributed by atoms with Gasteiger partial charge in [0.05, 0.1) is 22.7 Å². The lowest BCUT2D eigenvalue weighted by molar-refractivity contribution is 0.622. The molecule has 0 radical (unpaired) electrons. The van der Waals surface area contributed by atoms with E-state index in [0.29, 0.717) is 33.7 Å². The van der Waals surface area contributed by atoms with Gasteiger partial charge in [0.2, 0.25) is 0 Å². The molecule has 0 amide bonds. The first-order chi connectivity index (χ1) is 10.1. The molecule has 0 spiro atoms. The highest BCUT2D eigenvalue weighted by molar-refractivity contribution is 7.17. The molecule has 0 saturated carbocycles. The Balaban J connectivity index is 2.19. The van der Waals surface area contributed by atoms with E-state index >= 15 is 0 Å². The maximum absolute atomic E-state index is 12.9. The second kappa shape index (κ2) is 5.54. The summed E-state index contributed by atoms with van der Waals surface area (Å²) in [4.78, 5) is 24.0. The number of alkyl halides is 1. The Hall–Kier alpha value is -1.79. The van der Waals surface area contributed by atoms with Crippen LogP contribution >= 0.6 is 22.9 Å². The molecule has 108 valence electrons. The third-order valence-electron chi connectivity index (χ3n) is 3.12. The van der Waals surface area contributed by atoms with Gasteiger partial charge in [-0.1, -0.05) is 6.92 Å². The Morgan fingerprint density at radius 1 is 1.48 bits per heavy atom. The second-order valence-electron chi connectivity index (χ2n) is 4.52. The number of fused-ring (bicyclic) bond motifs is 1. The van der Waals surface area contributed by atoms with Gasteiger partial charge in [-0.3, -0.25) is 9.78 Å². The predicted molar refractivity (Wildman–Crippen MR) is 82.3 cm³/mol. The van der Waals surface area contributed by atoms with Gasteiger partial charge in [0.1, 0.15) is 16.5 Å². The molecule has 3 rings (SSSR count). The highest BCUT2D eigenvalue weighted by atomic mass is 35.5. The standard InChI is InChI=1S/C14H11ClFN3OS/c1-2-9(15)12-18-13(20)11-8(6-21-14(11)19-12)10-4-3-7(16)5-17-10/h3-6,9H,2H2,1H3,(H,18,19,20). The van der Waals surface area contributed by atoms with E-state index in [-0.39, 0.29) is 10.9 Å². The Kier molecular flexibility index (Phi) is 3.73. The highest BCUT2D eigenvalue weighted by Crippen LogP contribution is 2.30. The van der Waals surface area contributed by atoms with Gasteiger partial charge in [-0.05, 0) is 18.6 Å². The number of hydrogen-bond donors (Lipinski definition) is 1. The fourth-order valence-corrected chi connectivity index (χ4v) is 3.07. The summed E-state index contributed by atoms with van der Waals surface area (Å²) in [5.41, 5.74) is 0.940. The first kappa shape index (κ1) is 14.2. The number of hydrogen-bond acceptors (Lipinski definition) is 4. The van der Waals surface area contributed by atoms with Crippen molar-refractivity contribution in [1.82, 2.24) is 15.0 Å². The van der Waals surface area contributed by atoms with Crippen LogP contribution in [0.15, 0.2) is 28.5 Å². The van der Waals surface area contributed by atoms with Crippen molar-refractivity contribution in [3.05, 3.63) is 45.7 Å². The van der Waals surface area contributed by atoms with Crippen molar-refractivity contribution < 1.29 is 4.39 Å². The molecule has 0 aliphatic carbocycles. The molecule has 3 aromatic heterocycles. The monoisotopic (exact) mass is 323 g/mol. The number of aromatic amines is 1. The number of aromatic nitrogens is 3. The molecule has 1 atom stereocenters. The van der Waals surface area contributed by atoms with Crippen LogP contribution in [0.4, 0.5) is 4.39 Å². The number of H-pyrrole nitrogens is 1. The van der Waals surface area contributed by atoms with Crippen LogP contribution < -0.4 is 5.56 Å². The average Bonchev–Trinajstić information content (AvgIpc) is 2.91. The fourth-order valence-electron chi connectivity index (χ4n) is 2.03. The summed E-state index contributed by atoms with van der Waals surface area (Å²) in [7, 11) is 0. The van der Waals surface area contributed by atoms with E-state index in [1.807, 2.05) is 6.92 Å². The smallest absolute Gasteiger partial charge is 0.260 e. The van der Waals surface area contributed by atoms with Crippen molar-refractivity contribution in [1.29, 1.82) is 0 Å². The Labute approximate surface area is 128 Å². The first-order valence-corrected chi connectivity index (χ1v) is 7.69. The van der Waals surface area contributed by atoms with E-state index in [1.165, 1.54) is 17.4 Å². The molecule has 0 bridgehead atoms. The summed E-state index contributed by atoms with van der Waals surface area (Å²) in [6, 6.07) is 2.86. The third-order valence-corrected chi connectivity index (χ3v) is 4.51. The van der Waals surface area contributed by atoms with Crippen molar-refractivity contribution in [2.24, 2.45) is 0 Å². The third kappa shape index (κ3) is 2.56. The summed E-state index contributed by atoms with van der Waals surface area (Å²) in [6.45, 7) is 1.92. The van der Waals surface area contributed by atoms with Crippen LogP contribution in [0.25, 0.3) is 21.5 Å². The van der Waals surface area contributed by atoms with E-state index < -0.39 is 5.82 Å². The van der Waals surface area contributed by atoms with E-state index in [0.717, 1.165) is 6.20 Å². The molecule has 21 heavy (non-hydrogen) atoms. The minimum atomic E-state index is -0.416. The molecule has 0 fully saturated rings. The molecular formula is C14H11ClFN3OS. The Morgan fingerprint density at radius 3 is 2.95 bits per heavy atom. The van der Waals surface area contributed by atoms with Crippen LogP contribution in [0.5, 0.6) is 0 Å². The van der Waals surface area contributed by atoms with Crippen molar-refractivity contribution >= 4 is 33.2 Å². The van der Waals surface area contributed by atoms with Gasteiger partial charge in [-0.25, -0.2) is 9.37 Å². The van der Waals surface area contributed by atoms with Crippen molar-refractivity contribution in [2.45, 2.75) is 18.7 Å². The summed E-state index contributed by atoms with van der Waals surface area (Å²) in [5.74, 6) is 0.0534. The molecule has 0 saturated heterocycles. The Morgan fingerprint density at radius 2 is 2.29 bits per heavy atom. The lowest BCUT2D eigenvalue weighted by Crippen LogP contribution is -2.12. The maximum Gasteiger partial charge on any atom is 0.260 e. The number of thiophene rings is 1. The zero-order valence-electron chi connectivity index (χ0n) is 11.1. The maximum atomic E-state index is 12.9. The minimum absolute atomic E-state index is 0.253. The lowest BCUT2D eigenvalue weighted by atomic mass is 10.1. The van der Waals surface area contributed by atoms with E-state index in [2.05, 4.69) is 15.0 Å². The summed E-state index contributed by atoms with van der Waals surface area (Å²) < 4.78 is 12.9. The number of rotatable bonds is 3. The van der Waals surface area contributed by atoms with Gasteiger partial charge in [-0.2, -0.15) is 0 Å². The van der Waals surface area contributed by atoms with Gasteiger partial charge >= 0.3 is 0 Å². The van der Waals surface area contributed by atoms with Crippen LogP contribution in [-0.4, -0.2) is 15.0 Å². The molecule has 3 heterocycles. The number of nitrogens with zero attached hydrogens (tertiary/aromatic N) is 2. The quantitative estimate of drug-likeness (QED) is 0.744. The molecule has 0 aliphatic rings. The molecule has 1 unspecified atom stereocenters. The van der Waals surface area contributed by atoms with Gasteiger partial charge in [0.15, 0.2) is 0 Å².